The number of anilines is 1. The molecule has 0 unspecified atom stereocenters. The Kier molecular flexibility index (Phi) is 19.5. The molecule has 1 aromatic rings. The fourth-order valence-electron chi connectivity index (χ4n) is 5.96. The van der Waals surface area contributed by atoms with Crippen LogP contribution in [0, 0.1) is 0 Å². The number of imide groups is 1. The molecule has 1 aromatic carbocycles. The molecule has 12 N–H and O–H groups in total. The first-order valence-corrected chi connectivity index (χ1v) is 18.6. The van der Waals surface area contributed by atoms with Crippen molar-refractivity contribution < 1.29 is 78.4 Å². The number of benzene rings is 1. The number of nitrogens with zero attached hydrogens (tertiary/aromatic N) is 1. The maximum Gasteiger partial charge on any atom is 0.335 e. The number of aliphatic carboxylic acids is 1. The van der Waals surface area contributed by atoms with Gasteiger partial charge in [-0.2, -0.15) is 0 Å². The van der Waals surface area contributed by atoms with E-state index in [1.165, 1.54) is 32.2 Å². The summed E-state index contributed by atoms with van der Waals surface area (Å²) in [6.45, 7) is 1.39. The molecule has 0 saturated carbocycles. The van der Waals surface area contributed by atoms with Gasteiger partial charge < -0.3 is 66.0 Å². The molecule has 0 aliphatic carbocycles. The lowest BCUT2D eigenvalue weighted by atomic mass is 9.99. The summed E-state index contributed by atoms with van der Waals surface area (Å²) in [5.74, 6) is -4.81. The molecule has 4 amide bonds. The van der Waals surface area contributed by atoms with Crippen LogP contribution < -0.4 is 31.7 Å². The van der Waals surface area contributed by atoms with Crippen molar-refractivity contribution in [2.75, 3.05) is 38.7 Å². The summed E-state index contributed by atoms with van der Waals surface area (Å²) in [5.41, 5.74) is 6.14. The number of carboxylic acids is 1. The topological polar surface area (TPSA) is 338 Å². The fourth-order valence-corrected chi connectivity index (χ4v) is 5.96. The Morgan fingerprint density at radius 2 is 1.67 bits per heavy atom. The first kappa shape index (κ1) is 47.8. The molecule has 2 aliphatic heterocycles. The van der Waals surface area contributed by atoms with Crippen LogP contribution in [0.15, 0.2) is 30.4 Å². The predicted octanol–water partition coefficient (Wildman–Crippen LogP) is -3.50. The van der Waals surface area contributed by atoms with E-state index >= 15 is 0 Å². The summed E-state index contributed by atoms with van der Waals surface area (Å²) in [6.07, 6.45) is -8.55. The van der Waals surface area contributed by atoms with Crippen molar-refractivity contribution in [1.82, 2.24) is 20.9 Å². The van der Waals surface area contributed by atoms with Crippen LogP contribution in [0.2, 0.25) is 0 Å². The van der Waals surface area contributed by atoms with Crippen LogP contribution in [0.4, 0.5) is 5.69 Å². The van der Waals surface area contributed by atoms with E-state index < -0.39 is 90.8 Å². The van der Waals surface area contributed by atoms with Gasteiger partial charge in [-0.05, 0) is 37.1 Å². The molecule has 1 fully saturated rings. The van der Waals surface area contributed by atoms with Gasteiger partial charge >= 0.3 is 11.9 Å². The number of carboxylic acid groups (broad SMARTS) is 1. The minimum Gasteiger partial charge on any atom is -0.479 e. The molecule has 0 aromatic heterocycles. The second-order valence-electron chi connectivity index (χ2n) is 13.5. The highest BCUT2D eigenvalue weighted by atomic mass is 16.7. The average molecular weight is 827 g/mol. The number of carbonyl (C=O) groups is 6. The lowest BCUT2D eigenvalue weighted by molar-refractivity contribution is -0.271. The molecular formula is C36H54N6O16. The molecular weight excluding hydrogens is 772 g/mol. The van der Waals surface area contributed by atoms with Gasteiger partial charge in [-0.25, -0.2) is 4.79 Å². The normalized spacial score (nSPS) is 22.6. The standard InChI is InChI=1S/C36H54N6O16/c1-19(43)56-18-20-6-7-24(57-36-32(51)30(49)31(50)33(58-36)35(53)54)23(15-20)41-26(45)10-13-39-34(52)22(5-3-4-12-38-25(44)11-14-55-2)40-27(46)16-21(17-37)42-28(47)8-9-29(42)48/h6-9,15,21-22,25,27,30-33,36,38,40,44,46,49-51H,3-5,10-14,16-18,37H2,1-2H3,(H,39,52)(H,41,45)(H,53,54)/t21-,22-,25+,27+,30-,31-,32+,33-,36+/m0/s1. The third kappa shape index (κ3) is 14.6. The maximum absolute atomic E-state index is 13.4. The minimum absolute atomic E-state index is 0.0486. The zero-order valence-corrected chi connectivity index (χ0v) is 32.2. The van der Waals surface area contributed by atoms with Crippen molar-refractivity contribution in [3.8, 4) is 5.75 Å². The average Bonchev–Trinajstić information content (AvgIpc) is 3.51. The number of nitrogens with one attached hydrogen (secondary N) is 4. The number of esters is 1. The number of rotatable bonds is 25. The molecule has 1 saturated heterocycles. The zero-order valence-electron chi connectivity index (χ0n) is 32.2. The second-order valence-corrected chi connectivity index (χ2v) is 13.5. The third-order valence-corrected chi connectivity index (χ3v) is 9.05. The molecule has 0 bridgehead atoms. The molecule has 2 heterocycles. The van der Waals surface area contributed by atoms with Crippen molar-refractivity contribution >= 4 is 41.3 Å². The molecule has 22 nitrogen and oxygen atoms in total. The van der Waals surface area contributed by atoms with Crippen LogP contribution in [0.3, 0.4) is 0 Å². The van der Waals surface area contributed by atoms with Crippen molar-refractivity contribution in [2.45, 2.75) is 107 Å². The van der Waals surface area contributed by atoms with Crippen LogP contribution >= 0.6 is 0 Å². The maximum atomic E-state index is 13.4. The number of carbonyl (C=O) groups excluding carboxylic acids is 5. The van der Waals surface area contributed by atoms with E-state index in [-0.39, 0.29) is 50.4 Å². The number of unbranched alkanes of at least 4 members (excludes halogenated alkanes) is 1. The van der Waals surface area contributed by atoms with Gasteiger partial charge in [0, 0.05) is 65.1 Å². The quantitative estimate of drug-likeness (QED) is 0.0197. The summed E-state index contributed by atoms with van der Waals surface area (Å²) < 4.78 is 20.8. The summed E-state index contributed by atoms with van der Waals surface area (Å²) in [6, 6.07) is 2.23. The highest BCUT2D eigenvalue weighted by molar-refractivity contribution is 6.13. The smallest absolute Gasteiger partial charge is 0.335 e. The van der Waals surface area contributed by atoms with E-state index in [2.05, 4.69) is 21.3 Å². The lowest BCUT2D eigenvalue weighted by Gasteiger charge is -2.38. The van der Waals surface area contributed by atoms with Gasteiger partial charge in [0.05, 0.1) is 17.8 Å². The van der Waals surface area contributed by atoms with Crippen molar-refractivity contribution in [3.63, 3.8) is 0 Å². The fraction of sp³-hybridized carbons (Fsp3) is 0.611. The summed E-state index contributed by atoms with van der Waals surface area (Å²) in [7, 11) is 1.51. The number of hydrogen-bond donors (Lipinski definition) is 11. The number of amides is 4. The first-order chi connectivity index (χ1) is 27.6. The van der Waals surface area contributed by atoms with E-state index in [1.54, 1.807) is 0 Å². The Morgan fingerprint density at radius 3 is 2.31 bits per heavy atom. The zero-order chi connectivity index (χ0) is 42.9. The van der Waals surface area contributed by atoms with Gasteiger partial charge in [0.25, 0.3) is 11.8 Å². The van der Waals surface area contributed by atoms with E-state index in [9.17, 15) is 59.4 Å². The van der Waals surface area contributed by atoms with Crippen LogP contribution in [0.25, 0.3) is 0 Å². The van der Waals surface area contributed by atoms with Gasteiger partial charge in [0.15, 0.2) is 6.10 Å². The van der Waals surface area contributed by atoms with Crippen molar-refractivity contribution in [1.29, 1.82) is 0 Å². The SMILES string of the molecule is COCC[C@@H](O)NCCCC[C@H](N[C@H](O)C[C@@H](CN)N1C(=O)C=CC1=O)C(=O)NCCC(=O)Nc1cc(COC(C)=O)ccc1O[C@@H]1O[C@H](C(=O)O)[C@@H](O)[C@H](O)[C@H]1O. The van der Waals surface area contributed by atoms with E-state index in [1.807, 2.05) is 0 Å². The lowest BCUT2D eigenvalue weighted by Crippen LogP contribution is -2.61. The van der Waals surface area contributed by atoms with Crippen LogP contribution in [-0.4, -0.2) is 160 Å². The predicted molar refractivity (Wildman–Crippen MR) is 199 cm³/mol. The van der Waals surface area contributed by atoms with E-state index in [4.69, 9.17) is 24.7 Å². The van der Waals surface area contributed by atoms with Crippen LogP contribution in [0.1, 0.15) is 51.0 Å². The molecule has 3 rings (SSSR count). The highest BCUT2D eigenvalue weighted by Gasteiger charge is 2.48. The van der Waals surface area contributed by atoms with E-state index in [0.29, 0.717) is 38.0 Å². The van der Waals surface area contributed by atoms with Gasteiger partial charge in [0.2, 0.25) is 18.1 Å². The van der Waals surface area contributed by atoms with Crippen molar-refractivity contribution in [3.05, 3.63) is 35.9 Å². The van der Waals surface area contributed by atoms with Crippen molar-refractivity contribution in [2.24, 2.45) is 5.73 Å². The Balaban J connectivity index is 1.67. The summed E-state index contributed by atoms with van der Waals surface area (Å²) >= 11 is 0. The molecule has 2 aliphatic rings. The number of aliphatic hydroxyl groups is 5. The first-order valence-electron chi connectivity index (χ1n) is 18.6. The Morgan fingerprint density at radius 1 is 0.966 bits per heavy atom. The third-order valence-electron chi connectivity index (χ3n) is 9.05. The molecule has 9 atom stereocenters. The number of nitrogens with two attached hydrogens (primary N) is 1. The Hall–Kier alpha value is -4.62. The highest BCUT2D eigenvalue weighted by Crippen LogP contribution is 2.31. The number of hydrogen-bond acceptors (Lipinski definition) is 18. The molecule has 324 valence electrons. The monoisotopic (exact) mass is 826 g/mol. The second kappa shape index (κ2) is 23.7. The van der Waals surface area contributed by atoms with Gasteiger partial charge in [-0.15, -0.1) is 0 Å². The molecule has 0 spiro atoms. The summed E-state index contributed by atoms with van der Waals surface area (Å²) in [5, 5.41) is 71.9. The largest absolute Gasteiger partial charge is 0.479 e. The number of ether oxygens (including phenoxy) is 4. The van der Waals surface area contributed by atoms with Gasteiger partial charge in [-0.3, -0.25) is 39.5 Å². The van der Waals surface area contributed by atoms with E-state index in [0.717, 1.165) is 17.1 Å². The number of methoxy groups -OCH3 is 1. The van der Waals surface area contributed by atoms with Crippen LogP contribution in [0.5, 0.6) is 5.75 Å². The minimum atomic E-state index is -1.97. The van der Waals surface area contributed by atoms with Crippen LogP contribution in [-0.2, 0) is 49.6 Å². The Labute approximate surface area is 333 Å². The summed E-state index contributed by atoms with van der Waals surface area (Å²) in [4.78, 5) is 74.9. The molecule has 58 heavy (non-hydrogen) atoms. The molecule has 22 heteroatoms. The van der Waals surface area contributed by atoms with Gasteiger partial charge in [-0.1, -0.05) is 12.5 Å². The molecule has 0 radical (unpaired) electrons. The number of aliphatic hydroxyl groups excluding tert-OH is 5. The Bertz CT molecular complexity index is 1580. The van der Waals surface area contributed by atoms with Gasteiger partial charge in [0.1, 0.15) is 43.1 Å².